The SMILES string of the molecule is CC(C)(C)c1cccc2c1oc1ccc(N(c3ccccc3)c3cc4oc5cc6oc7cc(N(c8ccccc8)c8ccc9oc%10c(C(C)(C)C)cccc%10c9c8)c8ccccc8c7c6cc5c4c4ccccc34)cc12. The van der Waals surface area contributed by atoms with E-state index in [9.17, 15) is 0 Å². The average Bonchev–Trinajstić information content (AvgIpc) is 4.23. The van der Waals surface area contributed by atoms with Crippen LogP contribution in [0.5, 0.6) is 0 Å². The monoisotopic (exact) mass is 984 g/mol. The number of hydrogen-bond donors (Lipinski definition) is 0. The Balaban J connectivity index is 0.919. The molecule has 6 nitrogen and oxygen atoms in total. The lowest BCUT2D eigenvalue weighted by atomic mass is 9.86. The van der Waals surface area contributed by atoms with Crippen LogP contribution in [0.3, 0.4) is 0 Å². The van der Waals surface area contributed by atoms with Crippen molar-refractivity contribution in [3.63, 3.8) is 0 Å². The van der Waals surface area contributed by atoms with Gasteiger partial charge in [0.1, 0.15) is 44.7 Å². The summed E-state index contributed by atoms with van der Waals surface area (Å²) >= 11 is 0. The van der Waals surface area contributed by atoms with Gasteiger partial charge in [-0.3, -0.25) is 0 Å². The number of hydrogen-bond acceptors (Lipinski definition) is 6. The molecule has 0 saturated carbocycles. The number of nitrogens with zero attached hydrogens (tertiary/aromatic N) is 2. The molecule has 15 aromatic rings. The van der Waals surface area contributed by atoms with E-state index in [2.05, 4.69) is 258 Å². The number of rotatable bonds is 6. The molecule has 0 N–H and O–H groups in total. The normalized spacial score (nSPS) is 12.6. The number of benzene rings is 11. The molecule has 0 atom stereocenters. The van der Waals surface area contributed by atoms with Crippen molar-refractivity contribution in [2.45, 2.75) is 52.4 Å². The zero-order valence-corrected chi connectivity index (χ0v) is 43.2. The first-order valence-corrected chi connectivity index (χ1v) is 26.2. The molecular weight excluding hydrogens is 933 g/mol. The van der Waals surface area contributed by atoms with Gasteiger partial charge in [0.05, 0.1) is 11.4 Å². The van der Waals surface area contributed by atoms with E-state index >= 15 is 0 Å². The highest BCUT2D eigenvalue weighted by Crippen LogP contribution is 2.50. The van der Waals surface area contributed by atoms with E-state index in [0.29, 0.717) is 0 Å². The van der Waals surface area contributed by atoms with E-state index in [1.165, 1.54) is 11.1 Å². The number of para-hydroxylation sites is 4. The fourth-order valence-electron chi connectivity index (χ4n) is 12.1. The van der Waals surface area contributed by atoms with Gasteiger partial charge in [-0.2, -0.15) is 0 Å². The lowest BCUT2D eigenvalue weighted by molar-refractivity contribution is 0.572. The minimum atomic E-state index is -0.0729. The van der Waals surface area contributed by atoms with Crippen molar-refractivity contribution in [2.75, 3.05) is 9.80 Å². The summed E-state index contributed by atoms with van der Waals surface area (Å²) in [4.78, 5) is 4.70. The van der Waals surface area contributed by atoms with Crippen molar-refractivity contribution in [1.29, 1.82) is 0 Å². The summed E-state index contributed by atoms with van der Waals surface area (Å²) in [6.45, 7) is 13.4. The summed E-state index contributed by atoms with van der Waals surface area (Å²) in [5, 5.41) is 13.0. The van der Waals surface area contributed by atoms with Crippen LogP contribution in [0.1, 0.15) is 52.7 Å². The smallest absolute Gasteiger partial charge is 0.139 e. The third-order valence-corrected chi connectivity index (χ3v) is 15.6. The molecule has 76 heavy (non-hydrogen) atoms. The highest BCUT2D eigenvalue weighted by molar-refractivity contribution is 6.28. The quantitative estimate of drug-likeness (QED) is 0.165. The molecule has 0 aliphatic rings. The summed E-state index contributed by atoms with van der Waals surface area (Å²) in [5.41, 5.74) is 15.1. The van der Waals surface area contributed by atoms with E-state index in [1.807, 2.05) is 0 Å². The Morgan fingerprint density at radius 2 is 0.658 bits per heavy atom. The van der Waals surface area contributed by atoms with E-state index in [4.69, 9.17) is 17.7 Å². The summed E-state index contributed by atoms with van der Waals surface area (Å²) in [5.74, 6) is 0. The maximum absolute atomic E-state index is 7.02. The first-order valence-electron chi connectivity index (χ1n) is 26.2. The van der Waals surface area contributed by atoms with E-state index in [-0.39, 0.29) is 10.8 Å². The lowest BCUT2D eigenvalue weighted by Crippen LogP contribution is -2.11. The van der Waals surface area contributed by atoms with Crippen LogP contribution in [0.25, 0.3) is 109 Å². The van der Waals surface area contributed by atoms with Gasteiger partial charge in [-0.1, -0.05) is 163 Å². The Labute approximate surface area is 438 Å². The summed E-state index contributed by atoms with van der Waals surface area (Å²) in [6, 6.07) is 73.6. The predicted octanol–water partition coefficient (Wildman–Crippen LogP) is 21.1. The van der Waals surface area contributed by atoms with Crippen molar-refractivity contribution < 1.29 is 17.7 Å². The van der Waals surface area contributed by atoms with E-state index in [1.54, 1.807) is 0 Å². The highest BCUT2D eigenvalue weighted by Gasteiger charge is 2.27. The van der Waals surface area contributed by atoms with Crippen molar-refractivity contribution in [2.24, 2.45) is 0 Å². The van der Waals surface area contributed by atoms with E-state index < -0.39 is 0 Å². The minimum absolute atomic E-state index is 0.0729. The Hall–Kier alpha value is -9.26. The van der Waals surface area contributed by atoms with Gasteiger partial charge in [0, 0.05) is 106 Å². The molecule has 366 valence electrons. The minimum Gasteiger partial charge on any atom is -0.456 e. The second kappa shape index (κ2) is 16.1. The zero-order valence-electron chi connectivity index (χ0n) is 43.2. The Kier molecular flexibility index (Phi) is 9.38. The molecule has 4 heterocycles. The first-order chi connectivity index (χ1) is 36.9. The summed E-state index contributed by atoms with van der Waals surface area (Å²) in [7, 11) is 0. The van der Waals surface area contributed by atoms with Gasteiger partial charge in [-0.05, 0) is 88.3 Å². The molecule has 4 aromatic heterocycles. The number of fused-ring (bicyclic) bond motifs is 16. The molecule has 0 aliphatic carbocycles. The number of anilines is 6. The zero-order chi connectivity index (χ0) is 51.2. The van der Waals surface area contributed by atoms with Crippen molar-refractivity contribution in [3.05, 3.63) is 217 Å². The molecule has 0 radical (unpaired) electrons. The summed E-state index contributed by atoms with van der Waals surface area (Å²) in [6.07, 6.45) is 0. The Bertz CT molecular complexity index is 4540. The van der Waals surface area contributed by atoms with Crippen molar-refractivity contribution in [3.8, 4) is 0 Å². The second-order valence-electron chi connectivity index (χ2n) is 22.4. The molecule has 6 heteroatoms. The van der Waals surface area contributed by atoms with Gasteiger partial charge in [-0.25, -0.2) is 0 Å². The molecule has 0 spiro atoms. The fraction of sp³-hybridized carbons (Fsp3) is 0.114. The average molecular weight is 985 g/mol. The summed E-state index contributed by atoms with van der Waals surface area (Å²) < 4.78 is 27.3. The maximum Gasteiger partial charge on any atom is 0.139 e. The molecule has 0 saturated heterocycles. The molecule has 15 rings (SSSR count). The topological polar surface area (TPSA) is 59.0 Å². The molecular formula is C70H52N2O4. The maximum atomic E-state index is 7.02. The fourth-order valence-corrected chi connectivity index (χ4v) is 12.1. The molecule has 0 amide bonds. The first kappa shape index (κ1) is 44.2. The van der Waals surface area contributed by atoms with E-state index in [0.717, 1.165) is 143 Å². The van der Waals surface area contributed by atoms with Crippen molar-refractivity contribution >= 4 is 143 Å². The highest BCUT2D eigenvalue weighted by atomic mass is 16.3. The predicted molar refractivity (Wildman–Crippen MR) is 317 cm³/mol. The van der Waals surface area contributed by atoms with Gasteiger partial charge >= 0.3 is 0 Å². The molecule has 0 aliphatic heterocycles. The molecule has 11 aromatic carbocycles. The van der Waals surface area contributed by atoms with Crippen molar-refractivity contribution in [1.82, 2.24) is 0 Å². The number of furan rings is 4. The molecule has 0 unspecified atom stereocenters. The Morgan fingerprint density at radius 3 is 1.08 bits per heavy atom. The van der Waals surface area contributed by atoms with Crippen LogP contribution in [0.2, 0.25) is 0 Å². The van der Waals surface area contributed by atoms with Crippen LogP contribution in [0.15, 0.2) is 224 Å². The van der Waals surface area contributed by atoms with Gasteiger partial charge in [0.25, 0.3) is 0 Å². The largest absolute Gasteiger partial charge is 0.456 e. The Morgan fingerprint density at radius 1 is 0.263 bits per heavy atom. The third-order valence-electron chi connectivity index (χ3n) is 15.6. The second-order valence-corrected chi connectivity index (χ2v) is 22.4. The van der Waals surface area contributed by atoms with Gasteiger partial charge in [0.2, 0.25) is 0 Å². The molecule has 0 bridgehead atoms. The lowest BCUT2D eigenvalue weighted by Gasteiger charge is -2.27. The van der Waals surface area contributed by atoms with Crippen LogP contribution in [0.4, 0.5) is 34.1 Å². The van der Waals surface area contributed by atoms with Crippen LogP contribution in [0, 0.1) is 0 Å². The van der Waals surface area contributed by atoms with Gasteiger partial charge in [0.15, 0.2) is 0 Å². The van der Waals surface area contributed by atoms with Crippen LogP contribution in [-0.4, -0.2) is 0 Å². The van der Waals surface area contributed by atoms with Gasteiger partial charge < -0.3 is 27.5 Å². The van der Waals surface area contributed by atoms with Gasteiger partial charge in [-0.15, -0.1) is 0 Å². The molecule has 0 fully saturated rings. The standard InChI is InChI=1S/C70H52N2O4/c1-69(2,3)55-29-17-27-49-51-35-43(31-33-59(51)75-67(49)55)71(41-19-9-7-10-20-41)57-38-63-65(47-25-15-13-23-45(47)57)53-37-54-62(40-61(53)73-63)74-64-39-58(46-24-14-16-26-48(46)66(54)64)72(42-21-11-8-12-22-42)44-32-34-60-52(36-44)50-28-18-30-56(68(50)76-60)70(4,5)6/h7-40H,1-6H3. The van der Waals surface area contributed by atoms with Crippen LogP contribution >= 0.6 is 0 Å². The third kappa shape index (κ3) is 6.66. The van der Waals surface area contributed by atoms with Crippen LogP contribution < -0.4 is 9.80 Å². The van der Waals surface area contributed by atoms with Crippen LogP contribution in [-0.2, 0) is 10.8 Å².